The number of hydrogen-bond donors (Lipinski definition) is 1. The minimum absolute atomic E-state index is 0.251. The van der Waals surface area contributed by atoms with Crippen LogP contribution in [-0.2, 0) is 0 Å². The molecule has 1 aromatic carbocycles. The number of carboxylic acid groups (broad SMARTS) is 1. The smallest absolute Gasteiger partial charge is 0.335 e. The molecule has 1 aliphatic heterocycles. The maximum Gasteiger partial charge on any atom is 0.335 e. The summed E-state index contributed by atoms with van der Waals surface area (Å²) in [4.78, 5) is 21.8. The molecule has 0 spiro atoms. The average Bonchev–Trinajstić information content (AvgIpc) is 2.99. The molecule has 0 aliphatic carbocycles. The van der Waals surface area contributed by atoms with Gasteiger partial charge in [-0.3, -0.25) is 0 Å². The molecule has 1 unspecified atom stereocenters. The SMILES string of the molecule is CN(c1ncnc2cc(C(=O)O)ccc12)C1CCSC1. The molecule has 1 saturated heterocycles. The van der Waals surface area contributed by atoms with Gasteiger partial charge >= 0.3 is 5.97 Å². The number of thioether (sulfide) groups is 1. The summed E-state index contributed by atoms with van der Waals surface area (Å²) in [6.07, 6.45) is 2.65. The molecule has 0 radical (unpaired) electrons. The predicted molar refractivity (Wildman–Crippen MR) is 80.6 cm³/mol. The molecule has 5 nitrogen and oxygen atoms in total. The highest BCUT2D eigenvalue weighted by Gasteiger charge is 2.22. The van der Waals surface area contributed by atoms with E-state index in [0.29, 0.717) is 11.6 Å². The van der Waals surface area contributed by atoms with Crippen LogP contribution in [0, 0.1) is 0 Å². The predicted octanol–water partition coefficient (Wildman–Crippen LogP) is 2.27. The number of nitrogens with zero attached hydrogens (tertiary/aromatic N) is 3. The van der Waals surface area contributed by atoms with E-state index in [2.05, 4.69) is 14.9 Å². The maximum absolute atomic E-state index is 11.0. The van der Waals surface area contributed by atoms with Crippen LogP contribution in [-0.4, -0.2) is 45.6 Å². The molecule has 0 amide bonds. The van der Waals surface area contributed by atoms with Gasteiger partial charge in [0.1, 0.15) is 12.1 Å². The third kappa shape index (κ3) is 2.31. The number of aromatic carboxylic acids is 1. The van der Waals surface area contributed by atoms with E-state index in [1.165, 1.54) is 12.1 Å². The third-order valence-electron chi connectivity index (χ3n) is 3.65. The van der Waals surface area contributed by atoms with Crippen LogP contribution in [0.2, 0.25) is 0 Å². The van der Waals surface area contributed by atoms with E-state index in [0.717, 1.165) is 23.4 Å². The molecular formula is C14H15N3O2S. The Labute approximate surface area is 121 Å². The molecule has 6 heteroatoms. The number of aromatic nitrogens is 2. The van der Waals surface area contributed by atoms with Gasteiger partial charge in [0, 0.05) is 24.2 Å². The molecule has 3 rings (SSSR count). The standard InChI is InChI=1S/C14H15N3O2S/c1-17(10-4-5-20-7-10)13-11-3-2-9(14(18)19)6-12(11)15-8-16-13/h2-3,6,8,10H,4-5,7H2,1H3,(H,18,19). The molecule has 1 N–H and O–H groups in total. The fourth-order valence-electron chi connectivity index (χ4n) is 2.46. The second-order valence-corrected chi connectivity index (χ2v) is 6.01. The van der Waals surface area contributed by atoms with Crippen molar-refractivity contribution in [3.05, 3.63) is 30.1 Å². The van der Waals surface area contributed by atoms with Crippen molar-refractivity contribution in [1.29, 1.82) is 0 Å². The fraction of sp³-hybridized carbons (Fsp3) is 0.357. The lowest BCUT2D eigenvalue weighted by Crippen LogP contribution is -2.32. The largest absolute Gasteiger partial charge is 0.478 e. The minimum atomic E-state index is -0.937. The summed E-state index contributed by atoms with van der Waals surface area (Å²) < 4.78 is 0. The lowest BCUT2D eigenvalue weighted by molar-refractivity contribution is 0.0697. The molecule has 1 aromatic heterocycles. The summed E-state index contributed by atoms with van der Waals surface area (Å²) >= 11 is 1.95. The van der Waals surface area contributed by atoms with Crippen LogP contribution >= 0.6 is 11.8 Å². The first-order valence-corrected chi connectivity index (χ1v) is 7.61. The van der Waals surface area contributed by atoms with Crippen LogP contribution in [0.3, 0.4) is 0 Å². The summed E-state index contributed by atoms with van der Waals surface area (Å²) in [5, 5.41) is 9.94. The number of anilines is 1. The highest BCUT2D eigenvalue weighted by Crippen LogP contribution is 2.29. The van der Waals surface area contributed by atoms with Gasteiger partial charge in [0.15, 0.2) is 0 Å². The second-order valence-electron chi connectivity index (χ2n) is 4.86. The zero-order chi connectivity index (χ0) is 14.1. The Morgan fingerprint density at radius 1 is 1.45 bits per heavy atom. The van der Waals surface area contributed by atoms with Crippen LogP contribution in [0.5, 0.6) is 0 Å². The molecule has 2 heterocycles. The van der Waals surface area contributed by atoms with E-state index in [9.17, 15) is 4.79 Å². The van der Waals surface area contributed by atoms with Crippen molar-refractivity contribution in [1.82, 2.24) is 9.97 Å². The molecule has 1 atom stereocenters. The first kappa shape index (κ1) is 13.2. The summed E-state index contributed by atoms with van der Waals surface area (Å²) in [6, 6.07) is 5.49. The Morgan fingerprint density at radius 2 is 2.30 bits per heavy atom. The van der Waals surface area contributed by atoms with Gasteiger partial charge in [0.2, 0.25) is 0 Å². The van der Waals surface area contributed by atoms with Crippen LogP contribution in [0.25, 0.3) is 10.9 Å². The third-order valence-corrected chi connectivity index (χ3v) is 4.79. The van der Waals surface area contributed by atoms with E-state index < -0.39 is 5.97 Å². The lowest BCUT2D eigenvalue weighted by Gasteiger charge is -2.25. The summed E-state index contributed by atoms with van der Waals surface area (Å²) in [5.41, 5.74) is 0.925. The molecule has 20 heavy (non-hydrogen) atoms. The number of hydrogen-bond acceptors (Lipinski definition) is 5. The molecule has 1 fully saturated rings. The Balaban J connectivity index is 2.04. The fourth-order valence-corrected chi connectivity index (χ4v) is 3.73. The molecule has 0 saturated carbocycles. The highest BCUT2D eigenvalue weighted by atomic mass is 32.2. The summed E-state index contributed by atoms with van der Waals surface area (Å²) in [7, 11) is 2.05. The molecule has 1 aliphatic rings. The molecule has 104 valence electrons. The Hall–Kier alpha value is -1.82. The summed E-state index contributed by atoms with van der Waals surface area (Å²) in [5.74, 6) is 2.23. The van der Waals surface area contributed by atoms with E-state index >= 15 is 0 Å². The minimum Gasteiger partial charge on any atom is -0.478 e. The van der Waals surface area contributed by atoms with Crippen molar-refractivity contribution in [3.8, 4) is 0 Å². The summed E-state index contributed by atoms with van der Waals surface area (Å²) in [6.45, 7) is 0. The normalized spacial score (nSPS) is 18.4. The van der Waals surface area contributed by atoms with Gasteiger partial charge in [-0.25, -0.2) is 14.8 Å². The topological polar surface area (TPSA) is 66.3 Å². The van der Waals surface area contributed by atoms with E-state index in [1.54, 1.807) is 18.2 Å². The highest BCUT2D eigenvalue weighted by molar-refractivity contribution is 7.99. The first-order chi connectivity index (χ1) is 9.66. The van der Waals surface area contributed by atoms with Crippen molar-refractivity contribution in [2.24, 2.45) is 0 Å². The van der Waals surface area contributed by atoms with Gasteiger partial charge in [-0.15, -0.1) is 0 Å². The number of carbonyl (C=O) groups is 1. The van der Waals surface area contributed by atoms with Gasteiger partial charge in [0.05, 0.1) is 11.1 Å². The van der Waals surface area contributed by atoms with Crippen molar-refractivity contribution < 1.29 is 9.90 Å². The monoisotopic (exact) mass is 289 g/mol. The van der Waals surface area contributed by atoms with Crippen LogP contribution in [0.15, 0.2) is 24.5 Å². The van der Waals surface area contributed by atoms with Gasteiger partial charge in [-0.2, -0.15) is 11.8 Å². The number of rotatable bonds is 3. The van der Waals surface area contributed by atoms with E-state index in [-0.39, 0.29) is 5.56 Å². The van der Waals surface area contributed by atoms with Gasteiger partial charge in [-0.05, 0) is 30.4 Å². The Morgan fingerprint density at radius 3 is 3.00 bits per heavy atom. The van der Waals surface area contributed by atoms with Crippen molar-refractivity contribution in [2.45, 2.75) is 12.5 Å². The first-order valence-electron chi connectivity index (χ1n) is 6.45. The van der Waals surface area contributed by atoms with Crippen LogP contribution in [0.1, 0.15) is 16.8 Å². The number of benzene rings is 1. The molecular weight excluding hydrogens is 274 g/mol. The maximum atomic E-state index is 11.0. The second kappa shape index (κ2) is 5.28. The van der Waals surface area contributed by atoms with Crippen molar-refractivity contribution >= 4 is 34.5 Å². The zero-order valence-corrected chi connectivity index (χ0v) is 11.9. The Bertz CT molecular complexity index is 656. The quantitative estimate of drug-likeness (QED) is 0.935. The lowest BCUT2D eigenvalue weighted by atomic mass is 10.1. The van der Waals surface area contributed by atoms with Gasteiger partial charge < -0.3 is 10.0 Å². The average molecular weight is 289 g/mol. The van der Waals surface area contributed by atoms with Crippen molar-refractivity contribution in [3.63, 3.8) is 0 Å². The van der Waals surface area contributed by atoms with Gasteiger partial charge in [-0.1, -0.05) is 0 Å². The molecule has 0 bridgehead atoms. The number of carboxylic acids is 1. The molecule has 2 aromatic rings. The zero-order valence-electron chi connectivity index (χ0n) is 11.1. The Kier molecular flexibility index (Phi) is 3.48. The van der Waals surface area contributed by atoms with E-state index in [1.807, 2.05) is 18.8 Å². The number of fused-ring (bicyclic) bond motifs is 1. The van der Waals surface area contributed by atoms with Crippen LogP contribution in [0.4, 0.5) is 5.82 Å². The van der Waals surface area contributed by atoms with Gasteiger partial charge in [0.25, 0.3) is 0 Å². The van der Waals surface area contributed by atoms with Crippen LogP contribution < -0.4 is 4.90 Å². The van der Waals surface area contributed by atoms with E-state index in [4.69, 9.17) is 5.11 Å². The van der Waals surface area contributed by atoms with Crippen molar-refractivity contribution in [2.75, 3.05) is 23.5 Å².